The Morgan fingerprint density at radius 3 is 2.57 bits per heavy atom. The molecular formula is C11H13Cl2F. The van der Waals surface area contributed by atoms with Gasteiger partial charge in [-0.3, -0.25) is 0 Å². The molecule has 0 saturated heterocycles. The standard InChI is InChI=1S/C11H13Cl2F/c1-7(2)10(13)6-8-5-9(12)3-4-11(8)14/h3-5,7,10H,6H2,1-2H3. The molecule has 1 aromatic carbocycles. The van der Waals surface area contributed by atoms with Crippen LogP contribution in [0, 0.1) is 11.7 Å². The Labute approximate surface area is 94.0 Å². The maximum absolute atomic E-state index is 13.3. The summed E-state index contributed by atoms with van der Waals surface area (Å²) in [6.45, 7) is 4.03. The van der Waals surface area contributed by atoms with Gasteiger partial charge in [0.2, 0.25) is 0 Å². The largest absolute Gasteiger partial charge is 0.207 e. The Morgan fingerprint density at radius 1 is 1.36 bits per heavy atom. The van der Waals surface area contributed by atoms with E-state index in [1.807, 2.05) is 13.8 Å². The van der Waals surface area contributed by atoms with Crippen molar-refractivity contribution in [2.75, 3.05) is 0 Å². The van der Waals surface area contributed by atoms with Crippen LogP contribution in [0.4, 0.5) is 4.39 Å². The topological polar surface area (TPSA) is 0 Å². The van der Waals surface area contributed by atoms with Crippen molar-refractivity contribution in [1.82, 2.24) is 0 Å². The number of benzene rings is 1. The third-order valence-corrected chi connectivity index (χ3v) is 3.04. The fraction of sp³-hybridized carbons (Fsp3) is 0.455. The Kier molecular flexibility index (Phi) is 4.21. The predicted molar refractivity (Wildman–Crippen MR) is 59.6 cm³/mol. The molecular weight excluding hydrogens is 222 g/mol. The number of rotatable bonds is 3. The number of alkyl halides is 1. The van der Waals surface area contributed by atoms with Crippen LogP contribution in [0.2, 0.25) is 5.02 Å². The zero-order valence-electron chi connectivity index (χ0n) is 8.23. The summed E-state index contributed by atoms with van der Waals surface area (Å²) in [7, 11) is 0. The molecule has 1 rings (SSSR count). The summed E-state index contributed by atoms with van der Waals surface area (Å²) < 4.78 is 13.3. The molecule has 0 saturated carbocycles. The molecule has 0 aliphatic rings. The van der Waals surface area contributed by atoms with Crippen LogP contribution in [-0.2, 0) is 6.42 Å². The fourth-order valence-corrected chi connectivity index (χ4v) is 1.51. The van der Waals surface area contributed by atoms with E-state index in [0.29, 0.717) is 22.9 Å². The molecule has 0 nitrogen and oxygen atoms in total. The fourth-order valence-electron chi connectivity index (χ4n) is 1.15. The minimum absolute atomic E-state index is 0.0528. The lowest BCUT2D eigenvalue weighted by Gasteiger charge is -2.13. The molecule has 0 spiro atoms. The van der Waals surface area contributed by atoms with Crippen molar-refractivity contribution in [2.24, 2.45) is 5.92 Å². The molecule has 0 bridgehead atoms. The summed E-state index contributed by atoms with van der Waals surface area (Å²) >= 11 is 11.8. The predicted octanol–water partition coefficient (Wildman–Crippen LogP) is 4.29. The summed E-state index contributed by atoms with van der Waals surface area (Å²) in [4.78, 5) is 0. The van der Waals surface area contributed by atoms with Crippen LogP contribution in [0.15, 0.2) is 18.2 Å². The van der Waals surface area contributed by atoms with Crippen LogP contribution >= 0.6 is 23.2 Å². The van der Waals surface area contributed by atoms with Crippen LogP contribution in [0.1, 0.15) is 19.4 Å². The highest BCUT2D eigenvalue weighted by Gasteiger charge is 2.13. The zero-order valence-corrected chi connectivity index (χ0v) is 9.74. The summed E-state index contributed by atoms with van der Waals surface area (Å²) in [6.07, 6.45) is 0.519. The molecule has 1 aromatic rings. The highest BCUT2D eigenvalue weighted by Crippen LogP contribution is 2.21. The molecule has 0 heterocycles. The molecule has 0 amide bonds. The van der Waals surface area contributed by atoms with Gasteiger partial charge in [-0.15, -0.1) is 11.6 Å². The Balaban J connectivity index is 2.80. The second-order valence-corrected chi connectivity index (χ2v) is 4.70. The highest BCUT2D eigenvalue weighted by molar-refractivity contribution is 6.30. The maximum atomic E-state index is 13.3. The molecule has 0 aliphatic heterocycles. The van der Waals surface area contributed by atoms with E-state index in [9.17, 15) is 4.39 Å². The normalized spacial score (nSPS) is 13.3. The van der Waals surface area contributed by atoms with Gasteiger partial charge in [-0.2, -0.15) is 0 Å². The average Bonchev–Trinajstić information content (AvgIpc) is 2.11. The highest BCUT2D eigenvalue weighted by atomic mass is 35.5. The Morgan fingerprint density at radius 2 is 2.00 bits per heavy atom. The van der Waals surface area contributed by atoms with Gasteiger partial charge in [0.15, 0.2) is 0 Å². The second-order valence-electron chi connectivity index (χ2n) is 3.70. The molecule has 1 atom stereocenters. The Hall–Kier alpha value is -0.270. The van der Waals surface area contributed by atoms with Gasteiger partial charge in [-0.05, 0) is 36.1 Å². The SMILES string of the molecule is CC(C)C(Cl)Cc1cc(Cl)ccc1F. The van der Waals surface area contributed by atoms with Gasteiger partial charge >= 0.3 is 0 Å². The van der Waals surface area contributed by atoms with Crippen molar-refractivity contribution in [3.8, 4) is 0 Å². The summed E-state index contributed by atoms with van der Waals surface area (Å²) in [5.74, 6) is 0.0933. The van der Waals surface area contributed by atoms with E-state index in [1.165, 1.54) is 6.07 Å². The first kappa shape index (κ1) is 11.8. The smallest absolute Gasteiger partial charge is 0.126 e. The van der Waals surface area contributed by atoms with Gasteiger partial charge < -0.3 is 0 Å². The van der Waals surface area contributed by atoms with Gasteiger partial charge in [0.1, 0.15) is 5.82 Å². The molecule has 14 heavy (non-hydrogen) atoms. The molecule has 1 unspecified atom stereocenters. The van der Waals surface area contributed by atoms with Crippen molar-refractivity contribution < 1.29 is 4.39 Å². The monoisotopic (exact) mass is 234 g/mol. The van der Waals surface area contributed by atoms with Gasteiger partial charge in [-0.1, -0.05) is 25.4 Å². The van der Waals surface area contributed by atoms with E-state index < -0.39 is 0 Å². The minimum atomic E-state index is -0.235. The van der Waals surface area contributed by atoms with Crippen LogP contribution in [0.25, 0.3) is 0 Å². The molecule has 0 aliphatic carbocycles. The first-order valence-electron chi connectivity index (χ1n) is 4.58. The summed E-state index contributed by atoms with van der Waals surface area (Å²) in [6, 6.07) is 4.55. The van der Waals surface area contributed by atoms with Crippen LogP contribution < -0.4 is 0 Å². The first-order chi connectivity index (χ1) is 6.50. The minimum Gasteiger partial charge on any atom is -0.207 e. The van der Waals surface area contributed by atoms with Crippen LogP contribution in [0.3, 0.4) is 0 Å². The molecule has 0 fully saturated rings. The molecule has 3 heteroatoms. The lowest BCUT2D eigenvalue weighted by atomic mass is 10.0. The number of halogens is 3. The number of hydrogen-bond acceptors (Lipinski definition) is 0. The Bertz CT molecular complexity index is 310. The van der Waals surface area contributed by atoms with Gasteiger partial charge in [-0.25, -0.2) is 4.39 Å². The molecule has 78 valence electrons. The van der Waals surface area contributed by atoms with E-state index in [1.54, 1.807) is 12.1 Å². The van der Waals surface area contributed by atoms with Crippen LogP contribution in [-0.4, -0.2) is 5.38 Å². The van der Waals surface area contributed by atoms with E-state index in [0.717, 1.165) is 0 Å². The summed E-state index contributed by atoms with van der Waals surface area (Å²) in [5.41, 5.74) is 0.589. The van der Waals surface area contributed by atoms with Crippen molar-refractivity contribution >= 4 is 23.2 Å². The number of hydrogen-bond donors (Lipinski definition) is 0. The van der Waals surface area contributed by atoms with Gasteiger partial charge in [0.25, 0.3) is 0 Å². The van der Waals surface area contributed by atoms with Crippen molar-refractivity contribution in [3.63, 3.8) is 0 Å². The van der Waals surface area contributed by atoms with E-state index in [4.69, 9.17) is 23.2 Å². The third-order valence-electron chi connectivity index (χ3n) is 2.15. The third kappa shape index (κ3) is 3.14. The van der Waals surface area contributed by atoms with Gasteiger partial charge in [0, 0.05) is 10.4 Å². The average molecular weight is 235 g/mol. The van der Waals surface area contributed by atoms with Gasteiger partial charge in [0.05, 0.1) is 0 Å². The molecule has 0 radical (unpaired) electrons. The second kappa shape index (κ2) is 4.99. The lowest BCUT2D eigenvalue weighted by molar-refractivity contribution is 0.564. The lowest BCUT2D eigenvalue weighted by Crippen LogP contribution is -2.12. The zero-order chi connectivity index (χ0) is 10.7. The van der Waals surface area contributed by atoms with Crippen molar-refractivity contribution in [2.45, 2.75) is 25.6 Å². The first-order valence-corrected chi connectivity index (χ1v) is 5.40. The van der Waals surface area contributed by atoms with Crippen molar-refractivity contribution in [1.29, 1.82) is 0 Å². The van der Waals surface area contributed by atoms with E-state index in [2.05, 4.69) is 0 Å². The van der Waals surface area contributed by atoms with E-state index in [-0.39, 0.29) is 11.2 Å². The maximum Gasteiger partial charge on any atom is 0.126 e. The van der Waals surface area contributed by atoms with E-state index >= 15 is 0 Å². The molecule has 0 N–H and O–H groups in total. The molecule has 0 aromatic heterocycles. The van der Waals surface area contributed by atoms with Crippen LogP contribution in [0.5, 0.6) is 0 Å². The quantitative estimate of drug-likeness (QED) is 0.685. The van der Waals surface area contributed by atoms with Crippen molar-refractivity contribution in [3.05, 3.63) is 34.6 Å². The summed E-state index contributed by atoms with van der Waals surface area (Å²) in [5, 5.41) is 0.497.